The van der Waals surface area contributed by atoms with Crippen molar-refractivity contribution in [3.63, 3.8) is 0 Å². The number of rotatable bonds is 3. The van der Waals surface area contributed by atoms with Crippen LogP contribution >= 0.6 is 31.9 Å². The molecule has 0 saturated carbocycles. The van der Waals surface area contributed by atoms with Crippen LogP contribution in [0.4, 0.5) is 15.8 Å². The Labute approximate surface area is 138 Å². The lowest BCUT2D eigenvalue weighted by Gasteiger charge is -2.13. The summed E-state index contributed by atoms with van der Waals surface area (Å²) < 4.78 is 41.9. The predicted molar refractivity (Wildman–Crippen MR) is 88.2 cm³/mol. The summed E-state index contributed by atoms with van der Waals surface area (Å²) in [6.07, 6.45) is 0. The molecule has 0 aliphatic carbocycles. The van der Waals surface area contributed by atoms with Gasteiger partial charge in [-0.3, -0.25) is 4.72 Å². The van der Waals surface area contributed by atoms with Gasteiger partial charge in [0.2, 0.25) is 0 Å². The summed E-state index contributed by atoms with van der Waals surface area (Å²) in [6, 6.07) is 7.29. The quantitative estimate of drug-likeness (QED) is 0.711. The van der Waals surface area contributed by atoms with Gasteiger partial charge in [0.1, 0.15) is 5.82 Å². The van der Waals surface area contributed by atoms with Gasteiger partial charge in [0.15, 0.2) is 0 Å². The molecule has 0 heterocycles. The largest absolute Gasteiger partial charge is 0.398 e. The van der Waals surface area contributed by atoms with E-state index in [1.807, 2.05) is 0 Å². The molecule has 0 aromatic heterocycles. The highest BCUT2D eigenvalue weighted by Crippen LogP contribution is 2.33. The third-order valence-electron chi connectivity index (χ3n) is 2.87. The molecular formula is C13H11Br2FN2O2S. The second-order valence-corrected chi connectivity index (χ2v) is 7.71. The Hall–Kier alpha value is -1.12. The lowest BCUT2D eigenvalue weighted by molar-refractivity contribution is 0.593. The highest BCUT2D eigenvalue weighted by Gasteiger charge is 2.19. The standard InChI is InChI=1S/C13H11Br2FN2O2S/c1-7-11(16)5-8(6-12(7)17)21(19,20)18-13-9(14)3-2-4-10(13)15/h2-6,18H,17H2,1H3. The Kier molecular flexibility index (Phi) is 4.60. The van der Waals surface area contributed by atoms with Crippen LogP contribution in [0.5, 0.6) is 0 Å². The summed E-state index contributed by atoms with van der Waals surface area (Å²) in [5.74, 6) is -0.665. The van der Waals surface area contributed by atoms with Crippen LogP contribution in [0.15, 0.2) is 44.2 Å². The van der Waals surface area contributed by atoms with Crippen LogP contribution in [0, 0.1) is 12.7 Å². The summed E-state index contributed by atoms with van der Waals surface area (Å²) in [6.45, 7) is 1.48. The van der Waals surface area contributed by atoms with Crippen molar-refractivity contribution in [2.45, 2.75) is 11.8 Å². The summed E-state index contributed by atoms with van der Waals surface area (Å²) >= 11 is 6.51. The summed E-state index contributed by atoms with van der Waals surface area (Å²) in [5, 5.41) is 0. The van der Waals surface area contributed by atoms with E-state index in [-0.39, 0.29) is 16.1 Å². The highest BCUT2D eigenvalue weighted by atomic mass is 79.9. The molecule has 0 saturated heterocycles. The zero-order chi connectivity index (χ0) is 15.8. The van der Waals surface area contributed by atoms with Crippen molar-refractivity contribution in [1.29, 1.82) is 0 Å². The number of nitrogen functional groups attached to an aromatic ring is 1. The van der Waals surface area contributed by atoms with Crippen LogP contribution in [-0.2, 0) is 10.0 Å². The first-order valence-corrected chi connectivity index (χ1v) is 8.82. The Bertz CT molecular complexity index is 767. The molecule has 4 nitrogen and oxygen atoms in total. The molecule has 21 heavy (non-hydrogen) atoms. The molecule has 0 amide bonds. The molecule has 8 heteroatoms. The summed E-state index contributed by atoms with van der Waals surface area (Å²) in [7, 11) is -3.95. The first-order chi connectivity index (χ1) is 9.72. The van der Waals surface area contributed by atoms with Gasteiger partial charge >= 0.3 is 0 Å². The average Bonchev–Trinajstić information content (AvgIpc) is 2.40. The Balaban J connectivity index is 2.49. The first kappa shape index (κ1) is 16.3. The highest BCUT2D eigenvalue weighted by molar-refractivity contribution is 9.11. The molecule has 2 aromatic carbocycles. The minimum Gasteiger partial charge on any atom is -0.398 e. The van der Waals surface area contributed by atoms with Crippen LogP contribution in [0.25, 0.3) is 0 Å². The van der Waals surface area contributed by atoms with E-state index in [1.54, 1.807) is 18.2 Å². The van der Waals surface area contributed by atoms with Gasteiger partial charge in [0, 0.05) is 20.2 Å². The van der Waals surface area contributed by atoms with Crippen LogP contribution in [0.3, 0.4) is 0 Å². The molecule has 0 radical (unpaired) electrons. The lowest BCUT2D eigenvalue weighted by atomic mass is 10.2. The molecule has 0 fully saturated rings. The third kappa shape index (κ3) is 3.38. The molecule has 2 rings (SSSR count). The summed E-state index contributed by atoms with van der Waals surface area (Å²) in [4.78, 5) is -0.231. The molecule has 2 aromatic rings. The second-order valence-electron chi connectivity index (χ2n) is 4.32. The molecule has 0 spiro atoms. The molecule has 3 N–H and O–H groups in total. The zero-order valence-corrected chi connectivity index (χ0v) is 14.8. The SMILES string of the molecule is Cc1c(N)cc(S(=O)(=O)Nc2c(Br)cccc2Br)cc1F. The number of halogens is 3. The molecule has 0 aliphatic heterocycles. The van der Waals surface area contributed by atoms with Crippen molar-refractivity contribution < 1.29 is 12.8 Å². The molecular weight excluding hydrogens is 427 g/mol. The Morgan fingerprint density at radius 3 is 2.29 bits per heavy atom. The number of para-hydroxylation sites is 1. The van der Waals surface area contributed by atoms with Gasteiger partial charge in [0.25, 0.3) is 10.0 Å². The number of benzene rings is 2. The lowest BCUT2D eigenvalue weighted by Crippen LogP contribution is -2.15. The van der Waals surface area contributed by atoms with Crippen LogP contribution in [0.2, 0.25) is 0 Å². The van der Waals surface area contributed by atoms with E-state index >= 15 is 0 Å². The normalized spacial score (nSPS) is 11.4. The topological polar surface area (TPSA) is 72.2 Å². The monoisotopic (exact) mass is 436 g/mol. The van der Waals surface area contributed by atoms with Crippen molar-refractivity contribution in [2.75, 3.05) is 10.5 Å². The fourth-order valence-electron chi connectivity index (χ4n) is 1.62. The maximum absolute atomic E-state index is 13.7. The molecule has 0 atom stereocenters. The van der Waals surface area contributed by atoms with Crippen molar-refractivity contribution in [1.82, 2.24) is 0 Å². The van der Waals surface area contributed by atoms with E-state index < -0.39 is 15.8 Å². The number of nitrogens with one attached hydrogen (secondary N) is 1. The fourth-order valence-corrected chi connectivity index (χ4v) is 4.22. The molecule has 0 bridgehead atoms. The van der Waals surface area contributed by atoms with Crippen molar-refractivity contribution >= 4 is 53.3 Å². The third-order valence-corrected chi connectivity index (χ3v) is 5.52. The van der Waals surface area contributed by atoms with Crippen molar-refractivity contribution in [3.05, 3.63) is 50.7 Å². The van der Waals surface area contributed by atoms with Gasteiger partial charge in [-0.1, -0.05) is 6.07 Å². The number of anilines is 2. The van der Waals surface area contributed by atoms with Crippen LogP contribution in [0.1, 0.15) is 5.56 Å². The maximum atomic E-state index is 13.7. The van der Waals surface area contributed by atoms with Gasteiger partial charge in [-0.2, -0.15) is 0 Å². The van der Waals surface area contributed by atoms with E-state index in [2.05, 4.69) is 36.6 Å². The van der Waals surface area contributed by atoms with E-state index in [1.165, 1.54) is 13.0 Å². The van der Waals surface area contributed by atoms with Gasteiger partial charge in [-0.25, -0.2) is 12.8 Å². The van der Waals surface area contributed by atoms with E-state index in [0.717, 1.165) is 6.07 Å². The second kappa shape index (κ2) is 5.94. The van der Waals surface area contributed by atoms with Gasteiger partial charge < -0.3 is 5.73 Å². The van der Waals surface area contributed by atoms with Crippen molar-refractivity contribution in [2.24, 2.45) is 0 Å². The van der Waals surface area contributed by atoms with Crippen LogP contribution < -0.4 is 10.5 Å². The number of hydrogen-bond donors (Lipinski definition) is 2. The van der Waals surface area contributed by atoms with Crippen LogP contribution in [-0.4, -0.2) is 8.42 Å². The Morgan fingerprint density at radius 1 is 1.19 bits per heavy atom. The maximum Gasteiger partial charge on any atom is 0.262 e. The molecule has 0 aliphatic rings. The van der Waals surface area contributed by atoms with E-state index in [4.69, 9.17) is 5.73 Å². The number of nitrogens with two attached hydrogens (primary N) is 1. The number of hydrogen-bond acceptors (Lipinski definition) is 3. The molecule has 112 valence electrons. The average molecular weight is 438 g/mol. The zero-order valence-electron chi connectivity index (χ0n) is 10.8. The fraction of sp³-hybridized carbons (Fsp3) is 0.0769. The van der Waals surface area contributed by atoms with E-state index in [0.29, 0.717) is 14.6 Å². The first-order valence-electron chi connectivity index (χ1n) is 5.75. The predicted octanol–water partition coefficient (Wildman–Crippen LogP) is 4.04. The minimum absolute atomic E-state index is 0.0848. The Morgan fingerprint density at radius 2 is 1.76 bits per heavy atom. The number of sulfonamides is 1. The van der Waals surface area contributed by atoms with Gasteiger partial charge in [-0.15, -0.1) is 0 Å². The minimum atomic E-state index is -3.95. The summed E-state index contributed by atoms with van der Waals surface area (Å²) in [5.41, 5.74) is 6.25. The van der Waals surface area contributed by atoms with E-state index in [9.17, 15) is 12.8 Å². The molecule has 0 unspecified atom stereocenters. The smallest absolute Gasteiger partial charge is 0.262 e. The van der Waals surface area contributed by atoms with Gasteiger partial charge in [0.05, 0.1) is 10.6 Å². The van der Waals surface area contributed by atoms with Gasteiger partial charge in [-0.05, 0) is 63.0 Å². The van der Waals surface area contributed by atoms with Crippen molar-refractivity contribution in [3.8, 4) is 0 Å².